The average Bonchev–Trinajstić information content (AvgIpc) is 2.88. The fourth-order valence-electron chi connectivity index (χ4n) is 2.96. The molecule has 4 nitrogen and oxygen atoms in total. The van der Waals surface area contributed by atoms with Gasteiger partial charge in [-0.25, -0.2) is 0 Å². The second-order valence-corrected chi connectivity index (χ2v) is 13.3. The first-order valence-electron chi connectivity index (χ1n) is 16.4. The lowest BCUT2D eigenvalue weighted by Gasteiger charge is -2.13. The maximum absolute atomic E-state index is 10.9. The summed E-state index contributed by atoms with van der Waals surface area (Å²) in [4.78, 5) is 43.7. The van der Waals surface area contributed by atoms with Gasteiger partial charge in [0.15, 0.2) is 0 Å². The molecule has 0 N–H and O–H groups in total. The number of rotatable bonds is 16. The topological polar surface area (TPSA) is 68.3 Å². The molecule has 0 bridgehead atoms. The van der Waals surface area contributed by atoms with Crippen LogP contribution < -0.4 is 0 Å². The smallest absolute Gasteiger partial charge is 0.132 e. The van der Waals surface area contributed by atoms with Gasteiger partial charge in [-0.1, -0.05) is 111 Å². The minimum absolute atomic E-state index is 0.390. The first-order valence-corrected chi connectivity index (χ1v) is 16.4. The monoisotopic (exact) mass is 569 g/mol. The highest BCUT2D eigenvalue weighted by Gasteiger charge is 2.12. The van der Waals surface area contributed by atoms with E-state index in [9.17, 15) is 19.2 Å². The first kappa shape index (κ1) is 45.7. The highest BCUT2D eigenvalue weighted by molar-refractivity contribution is 5.79. The summed E-state index contributed by atoms with van der Waals surface area (Å²) in [5.41, 5.74) is 0. The Bertz CT molecular complexity index is 533. The van der Waals surface area contributed by atoms with E-state index in [0.29, 0.717) is 96.2 Å². The van der Waals surface area contributed by atoms with E-state index in [1.807, 2.05) is 27.7 Å². The van der Waals surface area contributed by atoms with Crippen molar-refractivity contribution < 1.29 is 19.2 Å². The summed E-state index contributed by atoms with van der Waals surface area (Å²) in [6.45, 7) is 33.5. The van der Waals surface area contributed by atoms with Crippen LogP contribution >= 0.6 is 0 Å². The number of Topliss-reactive ketones (excluding diaryl/α,β-unsaturated/α-hetero) is 4. The van der Waals surface area contributed by atoms with Crippen molar-refractivity contribution in [1.82, 2.24) is 0 Å². The van der Waals surface area contributed by atoms with Crippen LogP contribution in [0.2, 0.25) is 0 Å². The standard InChI is InChI=1S/4C9H18O/c4*1-5-9(10)6-8(4)7(2)3/h4*7-8H,5-6H2,1-4H3/t4*8-/m1111/s1. The maximum atomic E-state index is 10.9. The van der Waals surface area contributed by atoms with Crippen LogP contribution in [-0.2, 0) is 19.2 Å². The number of hydrogen-bond donors (Lipinski definition) is 0. The SMILES string of the molecule is CCC(=O)C[C@@H](C)C(C)C.CCC(=O)C[C@@H](C)C(C)C.CCC(=O)C[C@@H](C)C(C)C.CCC(=O)C[C@@H](C)C(C)C. The average molecular weight is 569 g/mol. The number of hydrogen-bond acceptors (Lipinski definition) is 4. The highest BCUT2D eigenvalue weighted by Crippen LogP contribution is 2.16. The molecule has 0 aliphatic heterocycles. The molecule has 0 fully saturated rings. The molecule has 0 radical (unpaired) electrons. The van der Waals surface area contributed by atoms with Crippen LogP contribution in [0.25, 0.3) is 0 Å². The van der Waals surface area contributed by atoms with Crippen LogP contribution in [0.4, 0.5) is 0 Å². The van der Waals surface area contributed by atoms with Crippen molar-refractivity contribution in [2.45, 2.75) is 162 Å². The summed E-state index contributed by atoms with van der Waals surface area (Å²) < 4.78 is 0. The zero-order chi connectivity index (χ0) is 32.6. The zero-order valence-corrected chi connectivity index (χ0v) is 29.9. The maximum Gasteiger partial charge on any atom is 0.132 e. The van der Waals surface area contributed by atoms with Crippen molar-refractivity contribution in [1.29, 1.82) is 0 Å². The quantitative estimate of drug-likeness (QED) is 0.186. The van der Waals surface area contributed by atoms with E-state index in [4.69, 9.17) is 0 Å². The Labute approximate surface area is 251 Å². The van der Waals surface area contributed by atoms with E-state index in [-0.39, 0.29) is 0 Å². The third-order valence-corrected chi connectivity index (χ3v) is 8.33. The van der Waals surface area contributed by atoms with Gasteiger partial charge in [0.1, 0.15) is 23.1 Å². The fourth-order valence-corrected chi connectivity index (χ4v) is 2.96. The van der Waals surface area contributed by atoms with E-state index < -0.39 is 0 Å². The Morgan fingerprint density at radius 1 is 0.325 bits per heavy atom. The van der Waals surface area contributed by atoms with Crippen molar-refractivity contribution in [2.75, 3.05) is 0 Å². The molecule has 0 spiro atoms. The van der Waals surface area contributed by atoms with Gasteiger partial charge >= 0.3 is 0 Å². The molecule has 0 saturated carbocycles. The molecule has 0 aliphatic carbocycles. The summed E-state index contributed by atoms with van der Waals surface area (Å²) in [6.07, 6.45) is 5.80. The summed E-state index contributed by atoms with van der Waals surface area (Å²) in [5, 5.41) is 0. The lowest BCUT2D eigenvalue weighted by Crippen LogP contribution is -2.09. The molecular weight excluding hydrogens is 496 g/mol. The van der Waals surface area contributed by atoms with Crippen molar-refractivity contribution in [2.24, 2.45) is 47.3 Å². The van der Waals surface area contributed by atoms with Gasteiger partial charge in [0.2, 0.25) is 0 Å². The second-order valence-electron chi connectivity index (χ2n) is 13.3. The molecule has 0 aromatic heterocycles. The molecule has 0 unspecified atom stereocenters. The van der Waals surface area contributed by atoms with Crippen molar-refractivity contribution in [3.8, 4) is 0 Å². The van der Waals surface area contributed by atoms with E-state index in [1.165, 1.54) is 0 Å². The minimum atomic E-state index is 0.390. The molecule has 0 aromatic carbocycles. The lowest BCUT2D eigenvalue weighted by molar-refractivity contribution is -0.120. The number of ketones is 4. The number of carbonyl (C=O) groups excluding carboxylic acids is 4. The summed E-state index contributed by atoms with van der Waals surface area (Å²) in [6, 6.07) is 0. The molecular formula is C36H72O4. The summed E-state index contributed by atoms with van der Waals surface area (Å²) >= 11 is 0. The largest absolute Gasteiger partial charge is 0.300 e. The van der Waals surface area contributed by atoms with Crippen LogP contribution in [0.1, 0.15) is 162 Å². The Hall–Kier alpha value is -1.32. The fraction of sp³-hybridized carbons (Fsp3) is 0.889. The molecule has 0 aromatic rings. The molecule has 0 amide bonds. The lowest BCUT2D eigenvalue weighted by atomic mass is 9.92. The third-order valence-electron chi connectivity index (χ3n) is 8.33. The van der Waals surface area contributed by atoms with Gasteiger partial charge in [0.25, 0.3) is 0 Å². The molecule has 40 heavy (non-hydrogen) atoms. The van der Waals surface area contributed by atoms with Gasteiger partial charge in [-0.2, -0.15) is 0 Å². The normalized spacial score (nSPS) is 13.7. The predicted octanol–water partition coefficient (Wildman–Crippen LogP) is 10.6. The second kappa shape index (κ2) is 27.8. The Morgan fingerprint density at radius 3 is 0.525 bits per heavy atom. The molecule has 0 aliphatic rings. The van der Waals surface area contributed by atoms with Crippen LogP contribution in [0, 0.1) is 47.3 Å². The van der Waals surface area contributed by atoms with Crippen LogP contribution in [0.15, 0.2) is 0 Å². The van der Waals surface area contributed by atoms with Crippen LogP contribution in [0.5, 0.6) is 0 Å². The first-order chi connectivity index (χ1) is 18.3. The Balaban J connectivity index is -0.000000216. The van der Waals surface area contributed by atoms with Gasteiger partial charge in [0, 0.05) is 51.4 Å². The van der Waals surface area contributed by atoms with E-state index in [0.717, 1.165) is 25.7 Å². The summed E-state index contributed by atoms with van der Waals surface area (Å²) in [5.74, 6) is 6.29. The zero-order valence-electron chi connectivity index (χ0n) is 29.9. The van der Waals surface area contributed by atoms with Gasteiger partial charge < -0.3 is 0 Å². The summed E-state index contributed by atoms with van der Waals surface area (Å²) in [7, 11) is 0. The van der Waals surface area contributed by atoms with E-state index in [1.54, 1.807) is 0 Å². The number of carbonyl (C=O) groups is 4. The minimum Gasteiger partial charge on any atom is -0.300 e. The van der Waals surface area contributed by atoms with Gasteiger partial charge in [-0.3, -0.25) is 19.2 Å². The molecule has 4 heteroatoms. The van der Waals surface area contributed by atoms with Crippen molar-refractivity contribution in [3.63, 3.8) is 0 Å². The Morgan fingerprint density at radius 2 is 0.450 bits per heavy atom. The van der Waals surface area contributed by atoms with Crippen LogP contribution in [0.3, 0.4) is 0 Å². The van der Waals surface area contributed by atoms with E-state index in [2.05, 4.69) is 83.1 Å². The Kier molecular flexibility index (Phi) is 31.8. The van der Waals surface area contributed by atoms with Crippen molar-refractivity contribution in [3.05, 3.63) is 0 Å². The third kappa shape index (κ3) is 31.2. The van der Waals surface area contributed by atoms with Crippen LogP contribution in [-0.4, -0.2) is 23.1 Å². The molecule has 0 heterocycles. The predicted molar refractivity (Wildman–Crippen MR) is 176 cm³/mol. The van der Waals surface area contributed by atoms with Gasteiger partial charge in [0.05, 0.1) is 0 Å². The highest BCUT2D eigenvalue weighted by atomic mass is 16.1. The van der Waals surface area contributed by atoms with Gasteiger partial charge in [-0.15, -0.1) is 0 Å². The molecule has 0 saturated heterocycles. The van der Waals surface area contributed by atoms with E-state index >= 15 is 0 Å². The molecule has 4 atom stereocenters. The van der Waals surface area contributed by atoms with Crippen molar-refractivity contribution >= 4 is 23.1 Å². The van der Waals surface area contributed by atoms with Gasteiger partial charge in [-0.05, 0) is 47.3 Å². The molecule has 0 rings (SSSR count). The molecule has 240 valence electrons.